The number of rotatable bonds is 1. The molecular formula is C10H7ClN2O2. The molecule has 0 fully saturated rings. The summed E-state index contributed by atoms with van der Waals surface area (Å²) < 4.78 is 0. The summed E-state index contributed by atoms with van der Waals surface area (Å²) in [5.41, 5.74) is 0.338. The molecular weight excluding hydrogens is 216 g/mol. The van der Waals surface area contributed by atoms with E-state index in [0.29, 0.717) is 10.6 Å². The Kier molecular flexibility index (Phi) is 2.43. The summed E-state index contributed by atoms with van der Waals surface area (Å²) >= 11 is 5.71. The van der Waals surface area contributed by atoms with Crippen LogP contribution < -0.4 is 5.56 Å². The van der Waals surface area contributed by atoms with Gasteiger partial charge in [-0.25, -0.2) is 4.98 Å². The third-order valence-electron chi connectivity index (χ3n) is 1.97. The maximum absolute atomic E-state index is 11.4. The standard InChI is InChI=1S/C10H7ClN2O2/c11-7-3-1-6(2-4-7)8-9(14)12-5-13-10(8)15/h1-5H,(H2,12,13,14,15). The van der Waals surface area contributed by atoms with Gasteiger partial charge in [0.25, 0.3) is 5.56 Å². The number of benzene rings is 1. The summed E-state index contributed by atoms with van der Waals surface area (Å²) in [7, 11) is 0. The highest BCUT2D eigenvalue weighted by Crippen LogP contribution is 2.23. The fraction of sp³-hybridized carbons (Fsp3) is 0. The predicted molar refractivity (Wildman–Crippen MR) is 57.0 cm³/mol. The number of aromatic nitrogens is 2. The Morgan fingerprint density at radius 1 is 1.27 bits per heavy atom. The van der Waals surface area contributed by atoms with Crippen molar-refractivity contribution in [2.24, 2.45) is 0 Å². The van der Waals surface area contributed by atoms with Crippen LogP contribution in [0.1, 0.15) is 0 Å². The van der Waals surface area contributed by atoms with Crippen LogP contribution in [-0.4, -0.2) is 15.1 Å². The van der Waals surface area contributed by atoms with Crippen LogP contribution >= 0.6 is 11.6 Å². The number of aromatic amines is 1. The first kappa shape index (κ1) is 9.73. The molecule has 0 bridgehead atoms. The van der Waals surface area contributed by atoms with Crippen LogP contribution in [0, 0.1) is 0 Å². The van der Waals surface area contributed by atoms with E-state index in [1.807, 2.05) is 0 Å². The van der Waals surface area contributed by atoms with Crippen LogP contribution in [0.5, 0.6) is 5.88 Å². The van der Waals surface area contributed by atoms with Gasteiger partial charge in [0.1, 0.15) is 5.56 Å². The van der Waals surface area contributed by atoms with Gasteiger partial charge in [-0.15, -0.1) is 0 Å². The molecule has 0 saturated heterocycles. The van der Waals surface area contributed by atoms with Crippen molar-refractivity contribution in [1.82, 2.24) is 9.97 Å². The Bertz CT molecular complexity index is 534. The molecule has 1 aromatic heterocycles. The summed E-state index contributed by atoms with van der Waals surface area (Å²) in [4.78, 5) is 17.4. The van der Waals surface area contributed by atoms with E-state index >= 15 is 0 Å². The van der Waals surface area contributed by atoms with Crippen LogP contribution in [0.4, 0.5) is 0 Å². The minimum Gasteiger partial charge on any atom is -0.493 e. The van der Waals surface area contributed by atoms with Gasteiger partial charge in [-0.2, -0.15) is 0 Å². The quantitative estimate of drug-likeness (QED) is 0.773. The number of H-pyrrole nitrogens is 1. The molecule has 0 spiro atoms. The lowest BCUT2D eigenvalue weighted by molar-refractivity contribution is 0.453. The van der Waals surface area contributed by atoms with Crippen molar-refractivity contribution in [2.75, 3.05) is 0 Å². The van der Waals surface area contributed by atoms with Gasteiger partial charge in [0.2, 0.25) is 5.88 Å². The first-order chi connectivity index (χ1) is 7.18. The van der Waals surface area contributed by atoms with Gasteiger partial charge in [-0.3, -0.25) is 4.79 Å². The third-order valence-corrected chi connectivity index (χ3v) is 2.22. The zero-order chi connectivity index (χ0) is 10.8. The zero-order valence-electron chi connectivity index (χ0n) is 7.57. The molecule has 1 heterocycles. The lowest BCUT2D eigenvalue weighted by atomic mass is 10.1. The average Bonchev–Trinajstić information content (AvgIpc) is 2.20. The number of nitrogens with one attached hydrogen (secondary N) is 1. The molecule has 0 saturated carbocycles. The molecule has 76 valence electrons. The molecule has 2 aromatic rings. The normalized spacial score (nSPS) is 10.2. The van der Waals surface area contributed by atoms with E-state index in [9.17, 15) is 9.90 Å². The minimum atomic E-state index is -0.384. The molecule has 15 heavy (non-hydrogen) atoms. The van der Waals surface area contributed by atoms with Gasteiger partial charge in [-0.05, 0) is 17.7 Å². The molecule has 0 aliphatic rings. The highest BCUT2D eigenvalue weighted by Gasteiger charge is 2.09. The predicted octanol–water partition coefficient (Wildman–Crippen LogP) is 1.80. The Morgan fingerprint density at radius 3 is 2.53 bits per heavy atom. The first-order valence-electron chi connectivity index (χ1n) is 4.21. The van der Waals surface area contributed by atoms with E-state index in [1.165, 1.54) is 0 Å². The van der Waals surface area contributed by atoms with E-state index in [2.05, 4.69) is 9.97 Å². The fourth-order valence-electron chi connectivity index (χ4n) is 1.27. The Balaban J connectivity index is 2.64. The number of hydrogen-bond donors (Lipinski definition) is 2. The third kappa shape index (κ3) is 1.85. The van der Waals surface area contributed by atoms with Gasteiger partial charge in [0, 0.05) is 5.02 Å². The van der Waals surface area contributed by atoms with Gasteiger partial charge in [0.05, 0.1) is 6.33 Å². The maximum Gasteiger partial charge on any atom is 0.262 e. The van der Waals surface area contributed by atoms with E-state index in [1.54, 1.807) is 24.3 Å². The second-order valence-corrected chi connectivity index (χ2v) is 3.37. The largest absolute Gasteiger partial charge is 0.493 e. The molecule has 0 aliphatic carbocycles. The van der Waals surface area contributed by atoms with Crippen LogP contribution in [0.15, 0.2) is 35.4 Å². The zero-order valence-corrected chi connectivity index (χ0v) is 8.32. The lowest BCUT2D eigenvalue weighted by Crippen LogP contribution is -2.08. The molecule has 2 N–H and O–H groups in total. The smallest absolute Gasteiger partial charge is 0.262 e. The number of halogens is 1. The summed E-state index contributed by atoms with van der Waals surface area (Å²) in [5.74, 6) is -0.291. The van der Waals surface area contributed by atoms with Crippen LogP contribution in [0.25, 0.3) is 11.1 Å². The second-order valence-electron chi connectivity index (χ2n) is 2.94. The summed E-state index contributed by atoms with van der Waals surface area (Å²) in [6.45, 7) is 0. The SMILES string of the molecule is O=c1[nH]cnc(O)c1-c1ccc(Cl)cc1. The Hall–Kier alpha value is -1.81. The van der Waals surface area contributed by atoms with Crippen LogP contribution in [0.2, 0.25) is 5.02 Å². The molecule has 2 rings (SSSR count). The highest BCUT2D eigenvalue weighted by atomic mass is 35.5. The Labute approximate surface area is 90.2 Å². The molecule has 4 nitrogen and oxygen atoms in total. The van der Waals surface area contributed by atoms with Crippen molar-refractivity contribution in [3.63, 3.8) is 0 Å². The van der Waals surface area contributed by atoms with Crippen molar-refractivity contribution in [3.8, 4) is 17.0 Å². The number of aromatic hydroxyl groups is 1. The molecule has 0 atom stereocenters. The summed E-state index contributed by atoms with van der Waals surface area (Å²) in [5, 5.41) is 10.0. The van der Waals surface area contributed by atoms with Crippen molar-refractivity contribution in [2.45, 2.75) is 0 Å². The molecule has 0 amide bonds. The van der Waals surface area contributed by atoms with Gasteiger partial charge >= 0.3 is 0 Å². The van der Waals surface area contributed by atoms with E-state index in [4.69, 9.17) is 11.6 Å². The van der Waals surface area contributed by atoms with Crippen molar-refractivity contribution >= 4 is 11.6 Å². The molecule has 5 heteroatoms. The molecule has 0 unspecified atom stereocenters. The van der Waals surface area contributed by atoms with E-state index in [0.717, 1.165) is 6.33 Å². The second kappa shape index (κ2) is 3.74. The molecule has 0 aliphatic heterocycles. The average molecular weight is 223 g/mol. The van der Waals surface area contributed by atoms with Crippen LogP contribution in [-0.2, 0) is 0 Å². The molecule has 1 aromatic carbocycles. The first-order valence-corrected chi connectivity index (χ1v) is 4.59. The fourth-order valence-corrected chi connectivity index (χ4v) is 1.39. The van der Waals surface area contributed by atoms with Crippen molar-refractivity contribution < 1.29 is 5.11 Å². The number of nitrogens with zero attached hydrogens (tertiary/aromatic N) is 1. The summed E-state index contributed by atoms with van der Waals surface area (Å²) in [6.07, 6.45) is 1.15. The maximum atomic E-state index is 11.4. The van der Waals surface area contributed by atoms with Gasteiger partial charge in [0.15, 0.2) is 0 Å². The lowest BCUT2D eigenvalue weighted by Gasteiger charge is -2.01. The van der Waals surface area contributed by atoms with Crippen molar-refractivity contribution in [3.05, 3.63) is 46.0 Å². The highest BCUT2D eigenvalue weighted by molar-refractivity contribution is 6.30. The van der Waals surface area contributed by atoms with E-state index in [-0.39, 0.29) is 17.0 Å². The Morgan fingerprint density at radius 2 is 1.93 bits per heavy atom. The molecule has 0 radical (unpaired) electrons. The summed E-state index contributed by atoms with van der Waals surface area (Å²) in [6, 6.07) is 6.58. The van der Waals surface area contributed by atoms with E-state index < -0.39 is 0 Å². The number of hydrogen-bond acceptors (Lipinski definition) is 3. The van der Waals surface area contributed by atoms with Gasteiger partial charge in [-0.1, -0.05) is 23.7 Å². The topological polar surface area (TPSA) is 66.0 Å². The monoisotopic (exact) mass is 222 g/mol. The van der Waals surface area contributed by atoms with Crippen molar-refractivity contribution in [1.29, 1.82) is 0 Å². The minimum absolute atomic E-state index is 0.147. The van der Waals surface area contributed by atoms with Crippen LogP contribution in [0.3, 0.4) is 0 Å². The van der Waals surface area contributed by atoms with Gasteiger partial charge < -0.3 is 10.1 Å².